The molecule has 0 saturated carbocycles. The fourth-order valence-electron chi connectivity index (χ4n) is 2.16. The number of amides is 1. The first kappa shape index (κ1) is 15.6. The molecule has 4 nitrogen and oxygen atoms in total. The summed E-state index contributed by atoms with van der Waals surface area (Å²) in [6.45, 7) is 1.81. The third-order valence-corrected chi connectivity index (χ3v) is 4.31. The number of hydrogen-bond acceptors (Lipinski definition) is 3. The molecule has 112 valence electrons. The molecule has 2 aromatic rings. The number of fused-ring (bicyclic) bond motifs is 1. The Bertz CT molecular complexity index is 705. The quantitative estimate of drug-likeness (QED) is 0.870. The van der Waals surface area contributed by atoms with E-state index in [0.717, 1.165) is 0 Å². The fraction of sp³-hybridized carbons (Fsp3) is 0.333. The predicted molar refractivity (Wildman–Crippen MR) is 82.2 cm³/mol. The van der Waals surface area contributed by atoms with Gasteiger partial charge in [0, 0.05) is 47.5 Å². The van der Waals surface area contributed by atoms with E-state index < -0.39 is 16.6 Å². The molecule has 0 spiro atoms. The molecule has 0 aliphatic rings. The van der Waals surface area contributed by atoms with Crippen molar-refractivity contribution in [3.63, 3.8) is 0 Å². The lowest BCUT2D eigenvalue weighted by atomic mass is 10.1. The Hall–Kier alpha value is -1.82. The van der Waals surface area contributed by atoms with Crippen LogP contribution in [0.25, 0.3) is 10.9 Å². The molecule has 0 aliphatic heterocycles. The van der Waals surface area contributed by atoms with Crippen LogP contribution in [-0.4, -0.2) is 45.1 Å². The minimum absolute atomic E-state index is 0.203. The molecule has 1 aromatic heterocycles. The molecule has 0 bridgehead atoms. The van der Waals surface area contributed by atoms with Crippen molar-refractivity contribution < 1.29 is 13.4 Å². The second kappa shape index (κ2) is 6.30. The summed E-state index contributed by atoms with van der Waals surface area (Å²) < 4.78 is 25.0. The minimum Gasteiger partial charge on any atom is -0.338 e. The Morgan fingerprint density at radius 1 is 1.48 bits per heavy atom. The minimum atomic E-state index is -1.00. The number of benzene rings is 1. The molecular formula is C15H17FN2O2S. The molecule has 0 fully saturated rings. The number of hydrogen-bond donors (Lipinski definition) is 0. The lowest BCUT2D eigenvalue weighted by molar-refractivity contribution is 0.0758. The van der Waals surface area contributed by atoms with Gasteiger partial charge in [-0.3, -0.25) is 14.0 Å². The van der Waals surface area contributed by atoms with E-state index in [2.05, 4.69) is 4.98 Å². The van der Waals surface area contributed by atoms with Crippen molar-refractivity contribution in [3.8, 4) is 0 Å². The maximum absolute atomic E-state index is 13.7. The standard InChI is InChI=1S/C15H17FN2O2S/c1-10(9-21(3)20)18(2)15(19)13-8-12(16)7-11-5-4-6-17-14(11)13/h4-8,10H,9H2,1-3H3/t10-,21+/m1/s1. The van der Waals surface area contributed by atoms with Gasteiger partial charge in [-0.25, -0.2) is 4.39 Å². The first-order valence-corrected chi connectivity index (χ1v) is 8.24. The van der Waals surface area contributed by atoms with E-state index in [9.17, 15) is 13.4 Å². The summed E-state index contributed by atoms with van der Waals surface area (Å²) >= 11 is 0. The molecule has 21 heavy (non-hydrogen) atoms. The maximum Gasteiger partial charge on any atom is 0.256 e. The summed E-state index contributed by atoms with van der Waals surface area (Å²) in [6.07, 6.45) is 3.16. The summed E-state index contributed by atoms with van der Waals surface area (Å²) in [5.41, 5.74) is 0.697. The Balaban J connectivity index is 2.41. The first-order chi connectivity index (χ1) is 9.90. The first-order valence-electron chi connectivity index (χ1n) is 6.51. The largest absolute Gasteiger partial charge is 0.338 e. The number of rotatable bonds is 4. The van der Waals surface area contributed by atoms with Gasteiger partial charge < -0.3 is 4.90 Å². The van der Waals surface area contributed by atoms with Gasteiger partial charge >= 0.3 is 0 Å². The topological polar surface area (TPSA) is 50.3 Å². The summed E-state index contributed by atoms with van der Waals surface area (Å²) in [5.74, 6) is -0.418. The molecule has 1 amide bonds. The molecule has 2 rings (SSSR count). The highest BCUT2D eigenvalue weighted by atomic mass is 32.2. The highest BCUT2D eigenvalue weighted by Gasteiger charge is 2.21. The zero-order chi connectivity index (χ0) is 15.6. The third kappa shape index (κ3) is 3.44. The van der Waals surface area contributed by atoms with Crippen LogP contribution < -0.4 is 0 Å². The zero-order valence-corrected chi connectivity index (χ0v) is 13.0. The molecule has 0 aliphatic carbocycles. The second-order valence-electron chi connectivity index (χ2n) is 5.03. The summed E-state index contributed by atoms with van der Waals surface area (Å²) in [6, 6.07) is 5.76. The second-order valence-corrected chi connectivity index (χ2v) is 6.51. The zero-order valence-electron chi connectivity index (χ0n) is 12.2. The number of carbonyl (C=O) groups is 1. The summed E-state index contributed by atoms with van der Waals surface area (Å²) in [7, 11) is 0.620. The van der Waals surface area contributed by atoms with E-state index in [0.29, 0.717) is 16.7 Å². The molecule has 1 heterocycles. The van der Waals surface area contributed by atoms with Crippen molar-refractivity contribution in [3.05, 3.63) is 41.8 Å². The summed E-state index contributed by atoms with van der Waals surface area (Å²) in [5, 5.41) is 0.584. The van der Waals surface area contributed by atoms with E-state index in [1.165, 1.54) is 17.0 Å². The fourth-order valence-corrected chi connectivity index (χ4v) is 3.06. The molecule has 0 saturated heterocycles. The van der Waals surface area contributed by atoms with Gasteiger partial charge in [-0.15, -0.1) is 0 Å². The van der Waals surface area contributed by atoms with Crippen LogP contribution in [0.15, 0.2) is 30.5 Å². The van der Waals surface area contributed by atoms with Crippen molar-refractivity contribution in [2.24, 2.45) is 0 Å². The molecule has 0 N–H and O–H groups in total. The number of pyridine rings is 1. The van der Waals surface area contributed by atoms with Crippen molar-refractivity contribution in [1.29, 1.82) is 0 Å². The lowest BCUT2D eigenvalue weighted by Gasteiger charge is -2.24. The van der Waals surface area contributed by atoms with Crippen LogP contribution in [0.1, 0.15) is 17.3 Å². The Labute approximate surface area is 125 Å². The third-order valence-electron chi connectivity index (χ3n) is 3.36. The number of nitrogens with zero attached hydrogens (tertiary/aromatic N) is 2. The van der Waals surface area contributed by atoms with Crippen LogP contribution in [0.5, 0.6) is 0 Å². The molecule has 2 atom stereocenters. The van der Waals surface area contributed by atoms with Gasteiger partial charge in [-0.1, -0.05) is 6.07 Å². The maximum atomic E-state index is 13.7. The predicted octanol–water partition coefficient (Wildman–Crippen LogP) is 2.21. The van der Waals surface area contributed by atoms with Crippen LogP contribution >= 0.6 is 0 Å². The van der Waals surface area contributed by atoms with Crippen molar-refractivity contribution in [2.75, 3.05) is 19.1 Å². The highest BCUT2D eigenvalue weighted by Crippen LogP contribution is 2.20. The molecule has 1 aromatic carbocycles. The van der Waals surface area contributed by atoms with E-state index in [-0.39, 0.29) is 17.5 Å². The van der Waals surface area contributed by atoms with Crippen molar-refractivity contribution >= 4 is 27.6 Å². The average molecular weight is 308 g/mol. The normalized spacial score (nSPS) is 13.9. The number of carbonyl (C=O) groups excluding carboxylic acids is 1. The van der Waals surface area contributed by atoms with Gasteiger partial charge in [-0.05, 0) is 25.1 Å². The van der Waals surface area contributed by atoms with Gasteiger partial charge in [0.05, 0.1) is 11.1 Å². The lowest BCUT2D eigenvalue weighted by Crippen LogP contribution is -2.38. The van der Waals surface area contributed by atoms with Gasteiger partial charge in [0.1, 0.15) is 5.82 Å². The van der Waals surface area contributed by atoms with E-state index in [1.807, 2.05) is 6.92 Å². The van der Waals surface area contributed by atoms with E-state index in [4.69, 9.17) is 0 Å². The van der Waals surface area contributed by atoms with Gasteiger partial charge in [0.2, 0.25) is 0 Å². The smallest absolute Gasteiger partial charge is 0.256 e. The van der Waals surface area contributed by atoms with Crippen molar-refractivity contribution in [1.82, 2.24) is 9.88 Å². The van der Waals surface area contributed by atoms with Gasteiger partial charge in [-0.2, -0.15) is 0 Å². The van der Waals surface area contributed by atoms with E-state index >= 15 is 0 Å². The van der Waals surface area contributed by atoms with Crippen LogP contribution in [0.2, 0.25) is 0 Å². The molecular weight excluding hydrogens is 291 g/mol. The van der Waals surface area contributed by atoms with Crippen LogP contribution in [0, 0.1) is 5.82 Å². The Kier molecular flexibility index (Phi) is 4.67. The van der Waals surface area contributed by atoms with E-state index in [1.54, 1.807) is 31.6 Å². The van der Waals surface area contributed by atoms with Crippen LogP contribution in [0.3, 0.4) is 0 Å². The number of aromatic nitrogens is 1. The molecule has 0 radical (unpaired) electrons. The SMILES string of the molecule is C[C@H](C[S@](C)=O)N(C)C(=O)c1cc(F)cc2cccnc12. The van der Waals surface area contributed by atoms with Gasteiger partial charge in [0.25, 0.3) is 5.91 Å². The molecule has 0 unspecified atom stereocenters. The highest BCUT2D eigenvalue weighted by molar-refractivity contribution is 7.84. The Morgan fingerprint density at radius 3 is 2.86 bits per heavy atom. The average Bonchev–Trinajstić information content (AvgIpc) is 2.44. The number of halogens is 1. The van der Waals surface area contributed by atoms with Crippen LogP contribution in [0.4, 0.5) is 4.39 Å². The van der Waals surface area contributed by atoms with Crippen LogP contribution in [-0.2, 0) is 10.8 Å². The monoisotopic (exact) mass is 308 g/mol. The van der Waals surface area contributed by atoms with Crippen molar-refractivity contribution in [2.45, 2.75) is 13.0 Å². The summed E-state index contributed by atoms with van der Waals surface area (Å²) in [4.78, 5) is 18.2. The van der Waals surface area contributed by atoms with Gasteiger partial charge in [0.15, 0.2) is 0 Å². The molecule has 6 heteroatoms. The Morgan fingerprint density at radius 2 is 2.19 bits per heavy atom.